The fourth-order valence-corrected chi connectivity index (χ4v) is 1.65. The van der Waals surface area contributed by atoms with Gasteiger partial charge < -0.3 is 4.90 Å². The zero-order valence-electron chi connectivity index (χ0n) is 8.89. The minimum atomic E-state index is -2.60. The van der Waals surface area contributed by atoms with Gasteiger partial charge in [-0.2, -0.15) is 0 Å². The van der Waals surface area contributed by atoms with E-state index in [0.29, 0.717) is 0 Å². The normalized spacial score (nSPS) is 26.7. The summed E-state index contributed by atoms with van der Waals surface area (Å²) >= 11 is 0. The van der Waals surface area contributed by atoms with Crippen LogP contribution >= 0.6 is 0 Å². The quantitative estimate of drug-likeness (QED) is 0.642. The maximum atomic E-state index is 13.1. The summed E-state index contributed by atoms with van der Waals surface area (Å²) in [6.07, 6.45) is -0.202. The first-order valence-corrected chi connectivity index (χ1v) is 5.01. The molecule has 1 unspecified atom stereocenters. The van der Waals surface area contributed by atoms with E-state index in [1.54, 1.807) is 18.7 Å². The maximum absolute atomic E-state index is 13.1. The molecule has 14 heavy (non-hydrogen) atoms. The summed E-state index contributed by atoms with van der Waals surface area (Å²) in [6.45, 7) is 5.46. The summed E-state index contributed by atoms with van der Waals surface area (Å²) in [6, 6.07) is 0. The first kappa shape index (κ1) is 11.4. The van der Waals surface area contributed by atoms with Crippen molar-refractivity contribution in [3.8, 4) is 0 Å². The third-order valence-corrected chi connectivity index (χ3v) is 2.74. The Morgan fingerprint density at radius 1 is 1.50 bits per heavy atom. The molecule has 4 heteroatoms. The Morgan fingerprint density at radius 2 is 2.07 bits per heavy atom. The van der Waals surface area contributed by atoms with Crippen molar-refractivity contribution in [3.63, 3.8) is 0 Å². The van der Waals surface area contributed by atoms with Crippen LogP contribution in [-0.4, -0.2) is 29.8 Å². The molecule has 1 fully saturated rings. The predicted molar refractivity (Wildman–Crippen MR) is 50.1 cm³/mol. The number of nitrogens with zero attached hydrogens (tertiary/aromatic N) is 1. The van der Waals surface area contributed by atoms with Crippen molar-refractivity contribution < 1.29 is 13.6 Å². The highest BCUT2D eigenvalue weighted by molar-refractivity contribution is 5.78. The van der Waals surface area contributed by atoms with Gasteiger partial charge >= 0.3 is 0 Å². The molecule has 82 valence electrons. The van der Waals surface area contributed by atoms with Gasteiger partial charge in [-0.1, -0.05) is 20.8 Å². The van der Waals surface area contributed by atoms with Crippen molar-refractivity contribution in [1.29, 1.82) is 0 Å². The molecule has 1 rings (SSSR count). The highest BCUT2D eigenvalue weighted by atomic mass is 19.3. The smallest absolute Gasteiger partial charge is 0.254 e. The summed E-state index contributed by atoms with van der Waals surface area (Å²) < 4.78 is 26.2. The van der Waals surface area contributed by atoms with Crippen LogP contribution in [0.3, 0.4) is 0 Å². The molecule has 0 radical (unpaired) electrons. The van der Waals surface area contributed by atoms with Crippen molar-refractivity contribution in [2.75, 3.05) is 13.1 Å². The van der Waals surface area contributed by atoms with Crippen LogP contribution in [-0.2, 0) is 4.79 Å². The summed E-state index contributed by atoms with van der Waals surface area (Å²) in [5, 5.41) is 0. The number of carbonyl (C=O) groups excluding carboxylic acids is 1. The number of hydrogen-bond acceptors (Lipinski definition) is 1. The Bertz CT molecular complexity index is 228. The Kier molecular flexibility index (Phi) is 3.12. The SMILES string of the molecule is CC(C)C(=O)N1CCC(F)(F)C(C)C1. The van der Waals surface area contributed by atoms with Crippen LogP contribution in [0.25, 0.3) is 0 Å². The molecule has 0 saturated carbocycles. The van der Waals surface area contributed by atoms with Crippen molar-refractivity contribution in [2.24, 2.45) is 11.8 Å². The van der Waals surface area contributed by atoms with Gasteiger partial charge in [-0.3, -0.25) is 4.79 Å². The lowest BCUT2D eigenvalue weighted by molar-refractivity contribution is -0.146. The zero-order chi connectivity index (χ0) is 10.9. The van der Waals surface area contributed by atoms with E-state index in [1.165, 1.54) is 6.92 Å². The highest BCUT2D eigenvalue weighted by Crippen LogP contribution is 2.33. The number of amides is 1. The average Bonchev–Trinajstić information content (AvgIpc) is 2.08. The molecule has 0 bridgehead atoms. The van der Waals surface area contributed by atoms with Gasteiger partial charge in [0.25, 0.3) is 5.92 Å². The largest absolute Gasteiger partial charge is 0.342 e. The Morgan fingerprint density at radius 3 is 2.50 bits per heavy atom. The number of carbonyl (C=O) groups is 1. The molecule has 1 heterocycles. The first-order valence-electron chi connectivity index (χ1n) is 5.01. The molecule has 0 spiro atoms. The van der Waals surface area contributed by atoms with Gasteiger partial charge in [-0.15, -0.1) is 0 Å². The molecule has 1 aliphatic rings. The third kappa shape index (κ3) is 2.22. The Hall–Kier alpha value is -0.670. The second-order valence-electron chi connectivity index (χ2n) is 4.35. The number of halogens is 2. The van der Waals surface area contributed by atoms with Gasteiger partial charge in [0.15, 0.2) is 0 Å². The summed E-state index contributed by atoms with van der Waals surface area (Å²) in [5.74, 6) is -3.45. The molecule has 2 nitrogen and oxygen atoms in total. The van der Waals surface area contributed by atoms with Gasteiger partial charge in [-0.25, -0.2) is 8.78 Å². The van der Waals surface area contributed by atoms with Gasteiger partial charge in [0, 0.05) is 31.3 Å². The first-order chi connectivity index (χ1) is 6.34. The van der Waals surface area contributed by atoms with E-state index in [-0.39, 0.29) is 31.3 Å². The van der Waals surface area contributed by atoms with E-state index in [1.807, 2.05) is 0 Å². The standard InChI is InChI=1S/C10H17F2NO/c1-7(2)9(14)13-5-4-10(11,12)8(3)6-13/h7-8H,4-6H2,1-3H3. The van der Waals surface area contributed by atoms with Crippen LogP contribution in [0, 0.1) is 11.8 Å². The number of alkyl halides is 2. The number of likely N-dealkylation sites (tertiary alicyclic amines) is 1. The minimum Gasteiger partial charge on any atom is -0.342 e. The van der Waals surface area contributed by atoms with E-state index in [4.69, 9.17) is 0 Å². The van der Waals surface area contributed by atoms with Crippen molar-refractivity contribution in [2.45, 2.75) is 33.1 Å². The van der Waals surface area contributed by atoms with Gasteiger partial charge in [0.2, 0.25) is 5.91 Å². The molecule has 1 amide bonds. The van der Waals surface area contributed by atoms with Gasteiger partial charge in [0.05, 0.1) is 0 Å². The Labute approximate surface area is 83.3 Å². The van der Waals surface area contributed by atoms with Crippen molar-refractivity contribution in [3.05, 3.63) is 0 Å². The molecular formula is C10H17F2NO. The van der Waals surface area contributed by atoms with Crippen LogP contribution in [0.15, 0.2) is 0 Å². The van der Waals surface area contributed by atoms with Crippen molar-refractivity contribution >= 4 is 5.91 Å². The molecule has 0 aromatic carbocycles. The van der Waals surface area contributed by atoms with Crippen LogP contribution in [0.4, 0.5) is 8.78 Å². The fraction of sp³-hybridized carbons (Fsp3) is 0.900. The molecule has 0 aliphatic carbocycles. The summed E-state index contributed by atoms with van der Waals surface area (Å²) in [4.78, 5) is 13.1. The monoisotopic (exact) mass is 205 g/mol. The maximum Gasteiger partial charge on any atom is 0.254 e. The lowest BCUT2D eigenvalue weighted by atomic mass is 9.94. The second kappa shape index (κ2) is 3.83. The molecule has 0 aromatic heterocycles. The molecule has 1 atom stereocenters. The topological polar surface area (TPSA) is 20.3 Å². The molecule has 1 aliphatic heterocycles. The lowest BCUT2D eigenvalue weighted by Crippen LogP contribution is -2.49. The van der Waals surface area contributed by atoms with Crippen molar-refractivity contribution in [1.82, 2.24) is 4.90 Å². The van der Waals surface area contributed by atoms with Gasteiger partial charge in [0.1, 0.15) is 0 Å². The van der Waals surface area contributed by atoms with E-state index in [0.717, 1.165) is 0 Å². The van der Waals surface area contributed by atoms with Crippen LogP contribution < -0.4 is 0 Å². The second-order valence-corrected chi connectivity index (χ2v) is 4.35. The van der Waals surface area contributed by atoms with Crippen LogP contribution in [0.1, 0.15) is 27.2 Å². The zero-order valence-corrected chi connectivity index (χ0v) is 8.89. The molecule has 0 N–H and O–H groups in total. The number of piperidine rings is 1. The van der Waals surface area contributed by atoms with E-state index >= 15 is 0 Å². The van der Waals surface area contributed by atoms with Crippen LogP contribution in [0.5, 0.6) is 0 Å². The minimum absolute atomic E-state index is 0.0210. The molecular weight excluding hydrogens is 188 g/mol. The Balaban J connectivity index is 2.59. The van der Waals surface area contributed by atoms with E-state index < -0.39 is 11.8 Å². The summed E-state index contributed by atoms with van der Waals surface area (Å²) in [7, 11) is 0. The predicted octanol–water partition coefficient (Wildman–Crippen LogP) is 2.15. The molecule has 0 aromatic rings. The van der Waals surface area contributed by atoms with E-state index in [2.05, 4.69) is 0 Å². The summed E-state index contributed by atoms with van der Waals surface area (Å²) in [5.41, 5.74) is 0. The lowest BCUT2D eigenvalue weighted by Gasteiger charge is -2.37. The number of hydrogen-bond donors (Lipinski definition) is 0. The van der Waals surface area contributed by atoms with E-state index in [9.17, 15) is 13.6 Å². The number of rotatable bonds is 1. The van der Waals surface area contributed by atoms with Crippen LogP contribution in [0.2, 0.25) is 0 Å². The highest BCUT2D eigenvalue weighted by Gasteiger charge is 2.42. The molecule has 1 saturated heterocycles. The van der Waals surface area contributed by atoms with Gasteiger partial charge in [-0.05, 0) is 0 Å². The average molecular weight is 205 g/mol. The third-order valence-electron chi connectivity index (χ3n) is 2.74. The fourth-order valence-electron chi connectivity index (χ4n) is 1.65.